The Balaban J connectivity index is 2.89. The number of pyridine rings is 1. The predicted molar refractivity (Wildman–Crippen MR) is 62.5 cm³/mol. The van der Waals surface area contributed by atoms with Crippen LogP contribution in [0.25, 0.3) is 0 Å². The van der Waals surface area contributed by atoms with Gasteiger partial charge in [0.05, 0.1) is 0 Å². The summed E-state index contributed by atoms with van der Waals surface area (Å²) in [4.78, 5) is 3.61. The van der Waals surface area contributed by atoms with Crippen molar-refractivity contribution < 1.29 is 13.9 Å². The van der Waals surface area contributed by atoms with E-state index in [1.807, 2.05) is 13.8 Å². The quantitative estimate of drug-likeness (QED) is 0.739. The molecule has 0 bridgehead atoms. The highest BCUT2D eigenvalue weighted by molar-refractivity contribution is 5.45. The Kier molecular flexibility index (Phi) is 4.62. The molecule has 1 heterocycles. The number of aliphatic hydroxyl groups excluding tert-OH is 1. The van der Waals surface area contributed by atoms with Gasteiger partial charge in [0.15, 0.2) is 23.3 Å². The van der Waals surface area contributed by atoms with E-state index in [2.05, 4.69) is 10.3 Å². The summed E-state index contributed by atoms with van der Waals surface area (Å²) >= 11 is 0. The lowest BCUT2D eigenvalue weighted by Crippen LogP contribution is -2.28. The topological polar surface area (TPSA) is 71.2 Å². The molecule has 96 valence electrons. The molecule has 1 aromatic heterocycles. The van der Waals surface area contributed by atoms with Gasteiger partial charge in [-0.25, -0.2) is 13.8 Å². The average Bonchev–Trinajstić information content (AvgIpc) is 2.24. The van der Waals surface area contributed by atoms with E-state index in [1.165, 1.54) is 0 Å². The van der Waals surface area contributed by atoms with Crippen LogP contribution in [-0.4, -0.2) is 22.7 Å². The van der Waals surface area contributed by atoms with Crippen molar-refractivity contribution in [2.75, 3.05) is 17.7 Å². The standard InChI is InChI=1S/C11H17F2N3O/c1-6(2)9(3-4-17)15-11-8(13)5-7(12)10(14)16-11/h5-6,9,17H,3-4H2,1-2H3,(H3,14,15,16). The number of nitrogens with two attached hydrogens (primary N) is 1. The van der Waals surface area contributed by atoms with Crippen molar-refractivity contribution in [3.05, 3.63) is 17.7 Å². The first-order chi connectivity index (χ1) is 7.95. The summed E-state index contributed by atoms with van der Waals surface area (Å²) < 4.78 is 26.3. The number of aromatic nitrogens is 1. The molecule has 1 unspecified atom stereocenters. The fourth-order valence-electron chi connectivity index (χ4n) is 1.47. The summed E-state index contributed by atoms with van der Waals surface area (Å²) in [6, 6.07) is 0.549. The van der Waals surface area contributed by atoms with Gasteiger partial charge in [-0.1, -0.05) is 13.8 Å². The van der Waals surface area contributed by atoms with E-state index in [0.717, 1.165) is 0 Å². The maximum atomic E-state index is 13.4. The molecule has 6 heteroatoms. The molecule has 1 rings (SSSR count). The summed E-state index contributed by atoms with van der Waals surface area (Å²) in [6.07, 6.45) is 0.454. The summed E-state index contributed by atoms with van der Waals surface area (Å²) in [6.45, 7) is 3.84. The molecule has 1 atom stereocenters. The van der Waals surface area contributed by atoms with Gasteiger partial charge in [0, 0.05) is 18.7 Å². The Morgan fingerprint density at radius 2 is 2.06 bits per heavy atom. The van der Waals surface area contributed by atoms with Crippen molar-refractivity contribution in [2.24, 2.45) is 5.92 Å². The molecule has 0 aliphatic rings. The lowest BCUT2D eigenvalue weighted by Gasteiger charge is -2.22. The largest absolute Gasteiger partial charge is 0.396 e. The maximum absolute atomic E-state index is 13.4. The normalized spacial score (nSPS) is 12.8. The number of nitrogens with one attached hydrogen (secondary N) is 1. The van der Waals surface area contributed by atoms with Crippen molar-refractivity contribution in [1.29, 1.82) is 0 Å². The lowest BCUT2D eigenvalue weighted by atomic mass is 10.0. The zero-order chi connectivity index (χ0) is 13.0. The minimum absolute atomic E-state index is 0.0197. The lowest BCUT2D eigenvalue weighted by molar-refractivity contribution is 0.267. The first-order valence-corrected chi connectivity index (χ1v) is 5.44. The van der Waals surface area contributed by atoms with Crippen LogP contribution in [0.1, 0.15) is 20.3 Å². The summed E-state index contributed by atoms with van der Waals surface area (Å²) in [5, 5.41) is 11.7. The van der Waals surface area contributed by atoms with Crippen LogP contribution < -0.4 is 11.1 Å². The molecule has 0 aromatic carbocycles. The molecule has 0 aliphatic carbocycles. The molecule has 4 N–H and O–H groups in total. The fourth-order valence-corrected chi connectivity index (χ4v) is 1.47. The number of aliphatic hydroxyl groups is 1. The zero-order valence-corrected chi connectivity index (χ0v) is 9.87. The number of anilines is 2. The van der Waals surface area contributed by atoms with Crippen LogP contribution in [0, 0.1) is 17.6 Å². The number of nitrogens with zero attached hydrogens (tertiary/aromatic N) is 1. The molecule has 1 aromatic rings. The van der Waals surface area contributed by atoms with Crippen molar-refractivity contribution >= 4 is 11.6 Å². The number of nitrogen functional groups attached to an aromatic ring is 1. The van der Waals surface area contributed by atoms with Gasteiger partial charge in [0.2, 0.25) is 0 Å². The summed E-state index contributed by atoms with van der Waals surface area (Å²) in [7, 11) is 0. The smallest absolute Gasteiger partial charge is 0.168 e. The Labute approximate surface area is 98.9 Å². The summed E-state index contributed by atoms with van der Waals surface area (Å²) in [5.41, 5.74) is 5.27. The van der Waals surface area contributed by atoms with E-state index in [1.54, 1.807) is 0 Å². The van der Waals surface area contributed by atoms with Gasteiger partial charge in [-0.2, -0.15) is 0 Å². The number of hydrogen-bond acceptors (Lipinski definition) is 4. The third kappa shape index (κ3) is 3.52. The third-order valence-electron chi connectivity index (χ3n) is 2.52. The molecule has 0 radical (unpaired) electrons. The Hall–Kier alpha value is -1.43. The second-order valence-electron chi connectivity index (χ2n) is 4.19. The van der Waals surface area contributed by atoms with Crippen LogP contribution in [0.5, 0.6) is 0 Å². The molecule has 0 saturated carbocycles. The Morgan fingerprint density at radius 1 is 1.41 bits per heavy atom. The van der Waals surface area contributed by atoms with E-state index in [0.29, 0.717) is 12.5 Å². The first kappa shape index (κ1) is 13.6. The minimum Gasteiger partial charge on any atom is -0.396 e. The molecule has 0 amide bonds. The van der Waals surface area contributed by atoms with E-state index in [9.17, 15) is 8.78 Å². The first-order valence-electron chi connectivity index (χ1n) is 5.44. The van der Waals surface area contributed by atoms with Crippen LogP contribution in [0.2, 0.25) is 0 Å². The molecular formula is C11H17F2N3O. The van der Waals surface area contributed by atoms with Crippen LogP contribution in [0.4, 0.5) is 20.4 Å². The zero-order valence-electron chi connectivity index (χ0n) is 9.87. The van der Waals surface area contributed by atoms with E-state index >= 15 is 0 Å². The number of hydrogen-bond donors (Lipinski definition) is 3. The van der Waals surface area contributed by atoms with Gasteiger partial charge in [-0.15, -0.1) is 0 Å². The van der Waals surface area contributed by atoms with Gasteiger partial charge in [0.25, 0.3) is 0 Å². The summed E-state index contributed by atoms with van der Waals surface area (Å²) in [5.74, 6) is -1.93. The van der Waals surface area contributed by atoms with Crippen LogP contribution >= 0.6 is 0 Å². The van der Waals surface area contributed by atoms with Gasteiger partial charge in [0.1, 0.15) is 0 Å². The highest BCUT2D eigenvalue weighted by atomic mass is 19.1. The SMILES string of the molecule is CC(C)C(CCO)Nc1nc(N)c(F)cc1F. The molecule has 17 heavy (non-hydrogen) atoms. The molecule has 0 fully saturated rings. The van der Waals surface area contributed by atoms with Crippen molar-refractivity contribution in [3.8, 4) is 0 Å². The molecule has 4 nitrogen and oxygen atoms in total. The van der Waals surface area contributed by atoms with Crippen molar-refractivity contribution in [3.63, 3.8) is 0 Å². The van der Waals surface area contributed by atoms with Crippen molar-refractivity contribution in [1.82, 2.24) is 4.98 Å². The minimum atomic E-state index is -0.878. The van der Waals surface area contributed by atoms with Gasteiger partial charge < -0.3 is 16.2 Å². The van der Waals surface area contributed by atoms with Crippen molar-refractivity contribution in [2.45, 2.75) is 26.3 Å². The fraction of sp³-hybridized carbons (Fsp3) is 0.545. The van der Waals surface area contributed by atoms with Gasteiger partial charge in [-0.05, 0) is 12.3 Å². The molecule has 0 spiro atoms. The second-order valence-corrected chi connectivity index (χ2v) is 4.19. The van der Waals surface area contributed by atoms with Crippen LogP contribution in [0.15, 0.2) is 6.07 Å². The second kappa shape index (κ2) is 5.77. The number of halogens is 2. The maximum Gasteiger partial charge on any atom is 0.168 e. The molecular weight excluding hydrogens is 228 g/mol. The predicted octanol–water partition coefficient (Wildman–Crippen LogP) is 1.76. The van der Waals surface area contributed by atoms with E-state index in [-0.39, 0.29) is 30.2 Å². The third-order valence-corrected chi connectivity index (χ3v) is 2.52. The van der Waals surface area contributed by atoms with Crippen LogP contribution in [0.3, 0.4) is 0 Å². The monoisotopic (exact) mass is 245 g/mol. The average molecular weight is 245 g/mol. The highest BCUT2D eigenvalue weighted by Crippen LogP contribution is 2.20. The Morgan fingerprint density at radius 3 is 2.59 bits per heavy atom. The Bertz CT molecular complexity index is 385. The molecule has 0 aliphatic heterocycles. The number of rotatable bonds is 5. The van der Waals surface area contributed by atoms with Gasteiger partial charge >= 0.3 is 0 Å². The van der Waals surface area contributed by atoms with E-state index in [4.69, 9.17) is 10.8 Å². The van der Waals surface area contributed by atoms with E-state index < -0.39 is 11.6 Å². The van der Waals surface area contributed by atoms with Crippen LogP contribution in [-0.2, 0) is 0 Å². The highest BCUT2D eigenvalue weighted by Gasteiger charge is 2.17. The van der Waals surface area contributed by atoms with Gasteiger partial charge in [-0.3, -0.25) is 0 Å². The molecule has 0 saturated heterocycles.